The van der Waals surface area contributed by atoms with E-state index in [0.717, 1.165) is 0 Å². The third-order valence-electron chi connectivity index (χ3n) is 2.40. The SMILES string of the molecule is COC1(NN=[N-])C(Br)=CC(O)(CC(N)=O)C=C1Br. The predicted molar refractivity (Wildman–Crippen MR) is 71.4 cm³/mol. The minimum atomic E-state index is -1.54. The molecule has 0 spiro atoms. The van der Waals surface area contributed by atoms with Crippen LogP contribution in [0.3, 0.4) is 0 Å². The van der Waals surface area contributed by atoms with Gasteiger partial charge in [-0.3, -0.25) is 10.0 Å². The number of nitrogens with two attached hydrogens (primary N) is 1. The molecule has 4 N–H and O–H groups in total. The van der Waals surface area contributed by atoms with Crippen LogP contribution in [0.4, 0.5) is 0 Å². The Hall–Kier alpha value is -0.770. The van der Waals surface area contributed by atoms with Crippen molar-refractivity contribution in [3.63, 3.8) is 0 Å². The van der Waals surface area contributed by atoms with E-state index in [-0.39, 0.29) is 6.42 Å². The summed E-state index contributed by atoms with van der Waals surface area (Å²) in [5.41, 5.74) is 13.2. The molecule has 0 atom stereocenters. The van der Waals surface area contributed by atoms with Crippen LogP contribution in [0.25, 0.3) is 5.53 Å². The van der Waals surface area contributed by atoms with Crippen LogP contribution >= 0.6 is 31.9 Å². The van der Waals surface area contributed by atoms with Crippen LogP contribution in [-0.4, -0.2) is 29.4 Å². The first kappa shape index (κ1) is 15.3. The van der Waals surface area contributed by atoms with Crippen LogP contribution in [0.2, 0.25) is 0 Å². The summed E-state index contributed by atoms with van der Waals surface area (Å²) in [5, 5.41) is 13.0. The molecule has 0 unspecified atom stereocenters. The summed E-state index contributed by atoms with van der Waals surface area (Å²) in [6, 6.07) is 0. The minimum absolute atomic E-state index is 0.284. The van der Waals surface area contributed by atoms with E-state index in [4.69, 9.17) is 16.0 Å². The zero-order chi connectivity index (χ0) is 14.0. The van der Waals surface area contributed by atoms with Crippen LogP contribution in [-0.2, 0) is 9.53 Å². The standard InChI is InChI=1S/C9H11Br2N4O3/c1-18-9(14-15-13)5(10)2-8(17,3-6(9)11)4-7(12)16/h2-3,17H,4H2,1H3,(H3-,12,13,14,16)/q-1. The highest BCUT2D eigenvalue weighted by Crippen LogP contribution is 2.42. The molecule has 0 saturated carbocycles. The number of aliphatic hydroxyl groups is 1. The van der Waals surface area contributed by atoms with E-state index in [9.17, 15) is 9.90 Å². The average molecular weight is 383 g/mol. The molecule has 0 aliphatic heterocycles. The number of carbonyl (C=O) groups is 1. The second-order valence-electron chi connectivity index (χ2n) is 3.72. The molecule has 7 nitrogen and oxygen atoms in total. The van der Waals surface area contributed by atoms with Crippen molar-refractivity contribution >= 4 is 37.8 Å². The molecule has 1 amide bonds. The van der Waals surface area contributed by atoms with Crippen LogP contribution in [0.1, 0.15) is 6.42 Å². The van der Waals surface area contributed by atoms with Crippen molar-refractivity contribution in [2.24, 2.45) is 11.0 Å². The van der Waals surface area contributed by atoms with Gasteiger partial charge in [-0.1, -0.05) is 31.9 Å². The molecule has 100 valence electrons. The predicted octanol–water partition coefficient (Wildman–Crippen LogP) is 1.03. The highest BCUT2D eigenvalue weighted by molar-refractivity contribution is 9.12. The number of hydrogen-bond donors (Lipinski definition) is 3. The van der Waals surface area contributed by atoms with Gasteiger partial charge in [-0.2, -0.15) is 0 Å². The van der Waals surface area contributed by atoms with E-state index in [0.29, 0.717) is 8.96 Å². The lowest BCUT2D eigenvalue weighted by Gasteiger charge is -2.41. The van der Waals surface area contributed by atoms with Gasteiger partial charge < -0.3 is 26.5 Å². The molecule has 1 rings (SSSR count). The van der Waals surface area contributed by atoms with Crippen molar-refractivity contribution < 1.29 is 14.6 Å². The molecule has 0 heterocycles. The lowest BCUT2D eigenvalue weighted by atomic mass is 9.91. The largest absolute Gasteiger partial charge is 0.381 e. The number of ether oxygens (including phenoxy) is 1. The summed E-state index contributed by atoms with van der Waals surface area (Å²) in [4.78, 5) is 10.9. The third kappa shape index (κ3) is 2.79. The third-order valence-corrected chi connectivity index (χ3v) is 3.97. The van der Waals surface area contributed by atoms with Crippen molar-refractivity contribution in [1.82, 2.24) is 5.43 Å². The van der Waals surface area contributed by atoms with Crippen molar-refractivity contribution in [3.05, 3.63) is 26.6 Å². The number of rotatable bonds is 5. The normalized spacial score (nSPS) is 31.3. The number of amides is 1. The molecular weight excluding hydrogens is 372 g/mol. The molecule has 9 heteroatoms. The van der Waals surface area contributed by atoms with Gasteiger partial charge >= 0.3 is 0 Å². The molecule has 1 aliphatic carbocycles. The summed E-state index contributed by atoms with van der Waals surface area (Å²) >= 11 is 6.40. The maximum atomic E-state index is 10.9. The second-order valence-corrected chi connectivity index (χ2v) is 5.42. The second kappa shape index (κ2) is 5.47. The molecule has 0 aromatic heterocycles. The summed E-state index contributed by atoms with van der Waals surface area (Å²) in [6.07, 6.45) is 2.39. The fraction of sp³-hybridized carbons (Fsp3) is 0.444. The van der Waals surface area contributed by atoms with Crippen LogP contribution in [0.15, 0.2) is 26.3 Å². The zero-order valence-electron chi connectivity index (χ0n) is 9.35. The summed E-state index contributed by atoms with van der Waals surface area (Å²) in [5.74, 6) is -0.657. The van der Waals surface area contributed by atoms with E-state index in [1.165, 1.54) is 19.3 Å². The van der Waals surface area contributed by atoms with E-state index < -0.39 is 17.2 Å². The number of halogens is 2. The van der Waals surface area contributed by atoms with E-state index in [2.05, 4.69) is 42.5 Å². The van der Waals surface area contributed by atoms with E-state index >= 15 is 0 Å². The van der Waals surface area contributed by atoms with E-state index in [1.807, 2.05) is 0 Å². The number of methoxy groups -OCH3 is 1. The van der Waals surface area contributed by atoms with Gasteiger partial charge in [-0.05, 0) is 12.2 Å². The van der Waals surface area contributed by atoms with Crippen LogP contribution < -0.4 is 11.2 Å². The number of carbonyl (C=O) groups excluding carboxylic acids is 1. The molecule has 0 bridgehead atoms. The number of primary amides is 1. The molecule has 0 saturated heterocycles. The molecule has 0 fully saturated rings. The average Bonchev–Trinajstić information content (AvgIpc) is 2.21. The molecule has 0 radical (unpaired) electrons. The molecular formula is C9H11Br2N4O3-. The zero-order valence-corrected chi connectivity index (χ0v) is 12.5. The lowest BCUT2D eigenvalue weighted by Crippen LogP contribution is -2.49. The maximum absolute atomic E-state index is 10.9. The van der Waals surface area contributed by atoms with Crippen molar-refractivity contribution in [2.75, 3.05) is 7.11 Å². The number of hydrogen-bond acceptors (Lipinski definition) is 4. The Kier molecular flexibility index (Phi) is 4.65. The monoisotopic (exact) mass is 381 g/mol. The van der Waals surface area contributed by atoms with Gasteiger partial charge in [0.05, 0.1) is 6.42 Å². The van der Waals surface area contributed by atoms with Gasteiger partial charge in [-0.25, -0.2) is 0 Å². The van der Waals surface area contributed by atoms with Crippen molar-refractivity contribution in [1.29, 1.82) is 0 Å². The number of nitrogens with one attached hydrogen (secondary N) is 1. The van der Waals surface area contributed by atoms with E-state index in [1.54, 1.807) is 0 Å². The van der Waals surface area contributed by atoms with Gasteiger partial charge in [0.1, 0.15) is 11.3 Å². The van der Waals surface area contributed by atoms with Gasteiger partial charge in [0.15, 0.2) is 0 Å². The molecule has 18 heavy (non-hydrogen) atoms. The first-order valence-electron chi connectivity index (χ1n) is 4.74. The van der Waals surface area contributed by atoms with Gasteiger partial charge in [0.2, 0.25) is 5.91 Å². The topological polar surface area (TPSA) is 119 Å². The van der Waals surface area contributed by atoms with Crippen LogP contribution in [0, 0.1) is 0 Å². The Bertz CT molecular complexity index is 416. The fourth-order valence-corrected chi connectivity index (χ4v) is 3.58. The molecule has 1 aliphatic rings. The Morgan fingerprint density at radius 3 is 2.44 bits per heavy atom. The lowest BCUT2D eigenvalue weighted by molar-refractivity contribution is -0.120. The fourth-order valence-electron chi connectivity index (χ4n) is 1.60. The molecule has 0 aromatic rings. The minimum Gasteiger partial charge on any atom is -0.381 e. The maximum Gasteiger partial charge on any atom is 0.220 e. The van der Waals surface area contributed by atoms with Crippen molar-refractivity contribution in [3.8, 4) is 0 Å². The summed E-state index contributed by atoms with van der Waals surface area (Å²) in [6.45, 7) is 0. The summed E-state index contributed by atoms with van der Waals surface area (Å²) in [7, 11) is 1.38. The number of nitrogens with zero attached hydrogens (tertiary/aromatic N) is 2. The van der Waals surface area contributed by atoms with Gasteiger partial charge in [-0.15, -0.1) is 0 Å². The molecule has 0 aromatic carbocycles. The highest BCUT2D eigenvalue weighted by Gasteiger charge is 2.41. The Morgan fingerprint density at radius 2 is 2.11 bits per heavy atom. The van der Waals surface area contributed by atoms with Gasteiger partial charge in [0, 0.05) is 16.1 Å². The van der Waals surface area contributed by atoms with Crippen LogP contribution in [0.5, 0.6) is 0 Å². The Labute approximate surface area is 120 Å². The highest BCUT2D eigenvalue weighted by atomic mass is 79.9. The Morgan fingerprint density at radius 1 is 1.61 bits per heavy atom. The summed E-state index contributed by atoms with van der Waals surface area (Å²) < 4.78 is 5.87. The smallest absolute Gasteiger partial charge is 0.220 e. The first-order chi connectivity index (χ1) is 8.29. The van der Waals surface area contributed by atoms with Gasteiger partial charge in [0.25, 0.3) is 0 Å². The first-order valence-corrected chi connectivity index (χ1v) is 6.33. The van der Waals surface area contributed by atoms with Crippen molar-refractivity contribution in [2.45, 2.75) is 17.7 Å². The Balaban J connectivity index is 3.20. The quantitative estimate of drug-likeness (QED) is 0.373.